The first-order chi connectivity index (χ1) is 40.2. The van der Waals surface area contributed by atoms with Crippen molar-refractivity contribution < 1.29 is 0 Å². The van der Waals surface area contributed by atoms with Gasteiger partial charge in [0.1, 0.15) is 0 Å². The second kappa shape index (κ2) is 19.5. The van der Waals surface area contributed by atoms with Crippen LogP contribution in [0.5, 0.6) is 0 Å². The fourth-order valence-corrected chi connectivity index (χ4v) is 13.8. The quantitative estimate of drug-likeness (QED) is 0.111. The number of hydrogen-bond donors (Lipinski definition) is 0. The van der Waals surface area contributed by atoms with Crippen LogP contribution in [0.2, 0.25) is 0 Å². The Bertz CT molecular complexity index is 4490. The lowest BCUT2D eigenvalue weighted by molar-refractivity contribution is 0.569. The zero-order valence-corrected chi connectivity index (χ0v) is 51.1. The van der Waals surface area contributed by atoms with Crippen molar-refractivity contribution in [1.29, 1.82) is 0 Å². The molecule has 0 fully saturated rings. The predicted molar refractivity (Wildman–Crippen MR) is 363 cm³/mol. The van der Waals surface area contributed by atoms with Crippen molar-refractivity contribution in [3.05, 3.63) is 263 Å². The van der Waals surface area contributed by atoms with Crippen molar-refractivity contribution in [2.24, 2.45) is 0 Å². The Kier molecular flexibility index (Phi) is 12.4. The molecule has 0 saturated carbocycles. The zero-order valence-electron chi connectivity index (χ0n) is 51.1. The number of anilines is 6. The number of hydrogen-bond acceptors (Lipinski definition) is 2. The molecule has 3 nitrogen and oxygen atoms in total. The van der Waals surface area contributed by atoms with Gasteiger partial charge in [-0.15, -0.1) is 0 Å². The lowest BCUT2D eigenvalue weighted by atomic mass is 9.44. The summed E-state index contributed by atoms with van der Waals surface area (Å²) < 4.78 is 2.79. The van der Waals surface area contributed by atoms with Gasteiger partial charge in [-0.3, -0.25) is 0 Å². The number of para-hydroxylation sites is 2. The lowest BCUT2D eigenvalue weighted by Gasteiger charge is -2.42. The Morgan fingerprint density at radius 3 is 1.36 bits per heavy atom. The number of aromatic nitrogens is 1. The summed E-state index contributed by atoms with van der Waals surface area (Å²) in [6.07, 6.45) is 1.61. The summed E-state index contributed by atoms with van der Waals surface area (Å²) in [4.78, 5) is 5.19. The van der Waals surface area contributed by atoms with Gasteiger partial charge in [-0.25, -0.2) is 0 Å². The SMILES string of the molecule is CC(C)(C)c1cc(N2c3cc4c(Cc5ccccc5)c5ccccc5c(Cc5ccccc5)c4cc3B3c4c(cc(N(c5ccccc5)c5ccccc5)cc42)-c2cc(C(C)(C)C)cc4c5cc(C(C)(C)C)ccc5n3c24)cc(C(C)(C)C)c1. The molecule has 0 atom stereocenters. The highest BCUT2D eigenvalue weighted by Crippen LogP contribution is 2.52. The molecule has 0 radical (unpaired) electrons. The van der Waals surface area contributed by atoms with Crippen LogP contribution in [-0.4, -0.2) is 11.3 Å². The fourth-order valence-electron chi connectivity index (χ4n) is 13.8. The van der Waals surface area contributed by atoms with E-state index in [9.17, 15) is 0 Å². The van der Waals surface area contributed by atoms with E-state index in [2.05, 4.69) is 316 Å². The summed E-state index contributed by atoms with van der Waals surface area (Å²) in [6.45, 7) is 28.3. The highest BCUT2D eigenvalue weighted by Gasteiger charge is 2.45. The fraction of sp³-hybridized carbons (Fsp3) is 0.225. The van der Waals surface area contributed by atoms with E-state index in [1.165, 1.54) is 127 Å². The zero-order chi connectivity index (χ0) is 58.2. The molecular weight excluding hydrogens is 1010 g/mol. The predicted octanol–water partition coefficient (Wildman–Crippen LogP) is 20.4. The average Bonchev–Trinajstić information content (AvgIpc) is 2.52. The van der Waals surface area contributed by atoms with Gasteiger partial charge in [-0.05, 0) is 196 Å². The molecule has 2 aliphatic heterocycles. The summed E-state index contributed by atoms with van der Waals surface area (Å²) in [6, 6.07) is 84.0. The van der Waals surface area contributed by atoms with Gasteiger partial charge < -0.3 is 14.3 Å². The average molecular weight is 1090 g/mol. The molecule has 4 heteroatoms. The van der Waals surface area contributed by atoms with E-state index in [1.807, 2.05) is 0 Å². The third-order valence-corrected chi connectivity index (χ3v) is 18.4. The minimum absolute atomic E-state index is 0.0453. The molecule has 14 rings (SSSR count). The molecule has 0 unspecified atom stereocenters. The summed E-state index contributed by atoms with van der Waals surface area (Å²) in [5.41, 5.74) is 24.9. The number of fused-ring (bicyclic) bond motifs is 9. The number of rotatable bonds is 8. The topological polar surface area (TPSA) is 11.4 Å². The van der Waals surface area contributed by atoms with Crippen molar-refractivity contribution in [2.45, 2.75) is 118 Å². The second-order valence-corrected chi connectivity index (χ2v) is 28.2. The van der Waals surface area contributed by atoms with Crippen molar-refractivity contribution in [2.75, 3.05) is 9.80 Å². The highest BCUT2D eigenvalue weighted by molar-refractivity contribution is 6.90. The Labute approximate surface area is 498 Å². The first-order valence-electron chi connectivity index (χ1n) is 30.4. The van der Waals surface area contributed by atoms with E-state index in [4.69, 9.17) is 0 Å². The summed E-state index contributed by atoms with van der Waals surface area (Å²) in [5.74, 6) is 0. The summed E-state index contributed by atoms with van der Waals surface area (Å²) in [7, 11) is 0. The monoisotopic (exact) mass is 1090 g/mol. The smallest absolute Gasteiger partial charge is 0.333 e. The molecule has 3 heterocycles. The van der Waals surface area contributed by atoms with E-state index < -0.39 is 0 Å². The largest absolute Gasteiger partial charge is 0.375 e. The Hall–Kier alpha value is -8.60. The van der Waals surface area contributed by atoms with Gasteiger partial charge in [0.05, 0.1) is 0 Å². The van der Waals surface area contributed by atoms with Gasteiger partial charge in [-0.1, -0.05) is 223 Å². The molecule has 1 aromatic heterocycles. The highest BCUT2D eigenvalue weighted by atomic mass is 15.2. The maximum Gasteiger partial charge on any atom is 0.333 e. The van der Waals surface area contributed by atoms with Crippen LogP contribution in [0.4, 0.5) is 34.1 Å². The number of nitrogens with zero attached hydrogens (tertiary/aromatic N) is 3. The lowest BCUT2D eigenvalue weighted by Crippen LogP contribution is -2.56. The van der Waals surface area contributed by atoms with Crippen LogP contribution in [-0.2, 0) is 34.5 Å². The van der Waals surface area contributed by atoms with E-state index in [0.29, 0.717) is 0 Å². The molecule has 0 bridgehead atoms. The summed E-state index contributed by atoms with van der Waals surface area (Å²) in [5, 5.41) is 7.88. The first-order valence-corrected chi connectivity index (χ1v) is 30.4. The van der Waals surface area contributed by atoms with Crippen LogP contribution in [0.1, 0.15) is 128 Å². The Morgan fingerprint density at radius 1 is 0.357 bits per heavy atom. The van der Waals surface area contributed by atoms with E-state index in [-0.39, 0.29) is 28.5 Å². The molecule has 12 aromatic rings. The van der Waals surface area contributed by atoms with Crippen molar-refractivity contribution in [3.63, 3.8) is 0 Å². The number of benzene rings is 11. The molecule has 414 valence electrons. The van der Waals surface area contributed by atoms with Crippen LogP contribution in [0.3, 0.4) is 0 Å². The third kappa shape index (κ3) is 8.95. The minimum Gasteiger partial charge on any atom is -0.375 e. The molecule has 0 N–H and O–H groups in total. The van der Waals surface area contributed by atoms with Crippen molar-refractivity contribution in [3.8, 4) is 11.1 Å². The van der Waals surface area contributed by atoms with Crippen molar-refractivity contribution >= 4 is 95.2 Å². The minimum atomic E-state index is -0.184. The molecule has 2 aliphatic rings. The Morgan fingerprint density at radius 2 is 0.833 bits per heavy atom. The molecule has 84 heavy (non-hydrogen) atoms. The van der Waals surface area contributed by atoms with Crippen LogP contribution in [0.15, 0.2) is 218 Å². The molecule has 0 aliphatic carbocycles. The van der Waals surface area contributed by atoms with Crippen LogP contribution >= 0.6 is 0 Å². The maximum absolute atomic E-state index is 2.79. The van der Waals surface area contributed by atoms with E-state index in [1.54, 1.807) is 0 Å². The standard InChI is InChI=1S/C80H76BN3/c1-77(2,3)53-37-38-72-67(44-53)69-45-56(80(10,11)12)46-70-68-47-60(82(57-31-21-15-22-32-57)58-33-23-16-24-34-58)48-74-75(68)81(84(72)76(69)70)71-49-65-63(39-51-27-17-13-18-28-51)61-35-25-26-36-62(61)64(40-52-29-19-14-20-30-52)66(65)50-73(71)83(74)59-42-54(78(4,5)6)41-55(43-59)79(7,8)9/h13-38,41-50H,39-40H2,1-12H3. The summed E-state index contributed by atoms with van der Waals surface area (Å²) >= 11 is 0. The van der Waals surface area contributed by atoms with Gasteiger partial charge in [0, 0.05) is 61.5 Å². The molecule has 0 amide bonds. The maximum atomic E-state index is 2.79. The van der Waals surface area contributed by atoms with Gasteiger partial charge in [0.2, 0.25) is 0 Å². The van der Waals surface area contributed by atoms with Crippen LogP contribution < -0.4 is 20.7 Å². The normalized spacial score (nSPS) is 13.3. The molecule has 0 spiro atoms. The third-order valence-electron chi connectivity index (χ3n) is 18.4. The molecule has 11 aromatic carbocycles. The molecule has 0 saturated heterocycles. The van der Waals surface area contributed by atoms with E-state index >= 15 is 0 Å². The van der Waals surface area contributed by atoms with Gasteiger partial charge >= 0.3 is 6.85 Å². The van der Waals surface area contributed by atoms with Gasteiger partial charge in [0.25, 0.3) is 0 Å². The molecular formula is C80H76BN3. The van der Waals surface area contributed by atoms with E-state index in [0.717, 1.165) is 29.9 Å². The van der Waals surface area contributed by atoms with Crippen LogP contribution in [0.25, 0.3) is 54.5 Å². The second-order valence-electron chi connectivity index (χ2n) is 28.2. The van der Waals surface area contributed by atoms with Crippen molar-refractivity contribution in [1.82, 2.24) is 4.48 Å². The first kappa shape index (κ1) is 53.4. The Balaban J connectivity index is 1.21. The van der Waals surface area contributed by atoms with Crippen LogP contribution in [0, 0.1) is 0 Å². The van der Waals surface area contributed by atoms with Gasteiger partial charge in [0.15, 0.2) is 0 Å². The van der Waals surface area contributed by atoms with Gasteiger partial charge in [-0.2, -0.15) is 0 Å².